The van der Waals surface area contributed by atoms with Crippen molar-refractivity contribution in [1.29, 1.82) is 0 Å². The maximum atomic E-state index is 12.9. The molecule has 0 bridgehead atoms. The number of nitrogens with zero attached hydrogens (tertiary/aromatic N) is 2. The largest absolute Gasteiger partial charge is 0.350 e. The minimum atomic E-state index is -0.239. The van der Waals surface area contributed by atoms with Crippen LogP contribution in [0.4, 0.5) is 0 Å². The molecule has 1 aliphatic heterocycles. The number of imidazole rings is 1. The molecule has 1 aromatic carbocycles. The minimum absolute atomic E-state index is 0.131. The van der Waals surface area contributed by atoms with Gasteiger partial charge in [-0.2, -0.15) is 0 Å². The van der Waals surface area contributed by atoms with Gasteiger partial charge in [-0.3, -0.25) is 9.59 Å². The molecule has 144 valence electrons. The summed E-state index contributed by atoms with van der Waals surface area (Å²) in [5.74, 6) is 0.269. The molecule has 0 spiro atoms. The van der Waals surface area contributed by atoms with Crippen LogP contribution in [0.2, 0.25) is 0 Å². The van der Waals surface area contributed by atoms with Crippen molar-refractivity contribution in [3.8, 4) is 0 Å². The molecule has 0 radical (unpaired) electrons. The summed E-state index contributed by atoms with van der Waals surface area (Å²) in [4.78, 5) is 29.9. The third kappa shape index (κ3) is 4.38. The Morgan fingerprint density at radius 1 is 1.11 bits per heavy atom. The molecular formula is C21H28N4O2. The van der Waals surface area contributed by atoms with Crippen molar-refractivity contribution < 1.29 is 9.59 Å². The van der Waals surface area contributed by atoms with E-state index in [1.807, 2.05) is 55.7 Å². The molecule has 2 amide bonds. The first-order chi connectivity index (χ1) is 13.0. The van der Waals surface area contributed by atoms with Gasteiger partial charge in [0.25, 0.3) is 11.8 Å². The molecule has 6 nitrogen and oxygen atoms in total. The second kappa shape index (κ2) is 8.37. The Morgan fingerprint density at radius 3 is 2.56 bits per heavy atom. The van der Waals surface area contributed by atoms with Crippen molar-refractivity contribution in [2.45, 2.75) is 52.6 Å². The molecule has 2 heterocycles. The van der Waals surface area contributed by atoms with Gasteiger partial charge in [-0.25, -0.2) is 4.98 Å². The number of amides is 2. The van der Waals surface area contributed by atoms with E-state index in [-0.39, 0.29) is 17.9 Å². The zero-order valence-corrected chi connectivity index (χ0v) is 16.3. The summed E-state index contributed by atoms with van der Waals surface area (Å²) < 4.78 is 1.92. The highest BCUT2D eigenvalue weighted by molar-refractivity contribution is 5.97. The number of benzene rings is 1. The van der Waals surface area contributed by atoms with Gasteiger partial charge in [-0.1, -0.05) is 44.2 Å². The van der Waals surface area contributed by atoms with Crippen molar-refractivity contribution in [3.63, 3.8) is 0 Å². The van der Waals surface area contributed by atoms with Gasteiger partial charge in [0.15, 0.2) is 5.82 Å². The normalized spacial score (nSPS) is 14.5. The summed E-state index contributed by atoms with van der Waals surface area (Å²) in [6.07, 6.45) is 2.78. The van der Waals surface area contributed by atoms with E-state index in [0.29, 0.717) is 24.0 Å². The van der Waals surface area contributed by atoms with Gasteiger partial charge in [-0.15, -0.1) is 0 Å². The fourth-order valence-corrected chi connectivity index (χ4v) is 3.36. The molecular weight excluding hydrogens is 340 g/mol. The van der Waals surface area contributed by atoms with E-state index in [0.717, 1.165) is 37.1 Å². The summed E-state index contributed by atoms with van der Waals surface area (Å²) in [5, 5.41) is 5.93. The highest BCUT2D eigenvalue weighted by atomic mass is 16.2. The Kier molecular flexibility index (Phi) is 5.94. The van der Waals surface area contributed by atoms with E-state index in [2.05, 4.69) is 15.6 Å². The lowest BCUT2D eigenvalue weighted by atomic mass is 10.1. The van der Waals surface area contributed by atoms with Gasteiger partial charge >= 0.3 is 0 Å². The number of carbonyl (C=O) groups excluding carboxylic acids is 2. The Hall–Kier alpha value is -2.63. The van der Waals surface area contributed by atoms with Crippen molar-refractivity contribution in [1.82, 2.24) is 20.2 Å². The first-order valence-corrected chi connectivity index (χ1v) is 9.70. The van der Waals surface area contributed by atoms with Gasteiger partial charge in [0, 0.05) is 13.1 Å². The summed E-state index contributed by atoms with van der Waals surface area (Å²) >= 11 is 0. The molecule has 2 N–H and O–H groups in total. The lowest BCUT2D eigenvalue weighted by Crippen LogP contribution is -2.30. The predicted molar refractivity (Wildman–Crippen MR) is 105 cm³/mol. The average molecular weight is 368 g/mol. The van der Waals surface area contributed by atoms with Crippen LogP contribution in [0.1, 0.15) is 72.0 Å². The Morgan fingerprint density at radius 2 is 1.85 bits per heavy atom. The number of aromatic nitrogens is 2. The maximum Gasteiger partial charge on any atom is 0.287 e. The molecule has 0 aliphatic carbocycles. The Labute approximate surface area is 160 Å². The topological polar surface area (TPSA) is 76.0 Å². The summed E-state index contributed by atoms with van der Waals surface area (Å²) in [6, 6.07) is 9.69. The van der Waals surface area contributed by atoms with Crippen LogP contribution in [0.25, 0.3) is 0 Å². The van der Waals surface area contributed by atoms with E-state index in [4.69, 9.17) is 0 Å². The molecule has 2 aromatic rings. The van der Waals surface area contributed by atoms with E-state index in [1.165, 1.54) is 0 Å². The van der Waals surface area contributed by atoms with Gasteiger partial charge in [0.2, 0.25) is 0 Å². The number of carbonyl (C=O) groups is 2. The van der Waals surface area contributed by atoms with Gasteiger partial charge in [0.05, 0.1) is 11.7 Å². The molecule has 1 aromatic heterocycles. The number of nitrogens with one attached hydrogen (secondary N) is 2. The van der Waals surface area contributed by atoms with Crippen LogP contribution in [0, 0.1) is 5.92 Å². The van der Waals surface area contributed by atoms with Crippen molar-refractivity contribution >= 4 is 11.8 Å². The van der Waals surface area contributed by atoms with Crippen LogP contribution in [-0.2, 0) is 13.0 Å². The molecule has 27 heavy (non-hydrogen) atoms. The Bertz CT molecular complexity index is 811. The van der Waals surface area contributed by atoms with E-state index < -0.39 is 0 Å². The smallest absolute Gasteiger partial charge is 0.287 e. The minimum Gasteiger partial charge on any atom is -0.350 e. The highest BCUT2D eigenvalue weighted by Gasteiger charge is 2.28. The molecule has 0 fully saturated rings. The number of hydrogen-bond acceptors (Lipinski definition) is 3. The van der Waals surface area contributed by atoms with Gasteiger partial charge < -0.3 is 15.2 Å². The van der Waals surface area contributed by atoms with Crippen molar-refractivity contribution in [3.05, 3.63) is 53.1 Å². The monoisotopic (exact) mass is 368 g/mol. The van der Waals surface area contributed by atoms with Crippen LogP contribution in [-0.4, -0.2) is 27.9 Å². The third-order valence-electron chi connectivity index (χ3n) is 4.85. The fourth-order valence-electron chi connectivity index (χ4n) is 3.36. The van der Waals surface area contributed by atoms with Crippen molar-refractivity contribution in [2.24, 2.45) is 5.92 Å². The molecule has 0 saturated carbocycles. The number of fused-ring (bicyclic) bond motifs is 1. The van der Waals surface area contributed by atoms with Crippen LogP contribution in [0.15, 0.2) is 30.3 Å². The number of rotatable bonds is 6. The molecule has 3 rings (SSSR count). The zero-order chi connectivity index (χ0) is 19.4. The lowest BCUT2D eigenvalue weighted by Gasteiger charge is -2.18. The predicted octanol–water partition coefficient (Wildman–Crippen LogP) is 3.10. The lowest BCUT2D eigenvalue weighted by molar-refractivity contribution is 0.0923. The molecule has 6 heteroatoms. The number of hydrogen-bond donors (Lipinski definition) is 2. The average Bonchev–Trinajstić information content (AvgIpc) is 3.06. The first-order valence-electron chi connectivity index (χ1n) is 9.70. The highest BCUT2D eigenvalue weighted by Crippen LogP contribution is 2.22. The van der Waals surface area contributed by atoms with Crippen LogP contribution in [0.5, 0.6) is 0 Å². The third-order valence-corrected chi connectivity index (χ3v) is 4.85. The molecule has 0 saturated heterocycles. The van der Waals surface area contributed by atoms with Gasteiger partial charge in [0.1, 0.15) is 5.69 Å². The summed E-state index contributed by atoms with van der Waals surface area (Å²) in [6.45, 7) is 7.36. The SMILES string of the molecule is CC(C)CNC(=O)c1nc(C(=O)NC(C)c2ccccc2)n2c1CCCC2. The van der Waals surface area contributed by atoms with Crippen LogP contribution in [0.3, 0.4) is 0 Å². The first kappa shape index (κ1) is 19.1. The Balaban J connectivity index is 1.82. The van der Waals surface area contributed by atoms with E-state index in [9.17, 15) is 9.59 Å². The van der Waals surface area contributed by atoms with Gasteiger partial charge in [-0.05, 0) is 37.7 Å². The summed E-state index contributed by atoms with van der Waals surface area (Å²) in [7, 11) is 0. The zero-order valence-electron chi connectivity index (χ0n) is 16.3. The fraction of sp³-hybridized carbons (Fsp3) is 0.476. The second-order valence-electron chi connectivity index (χ2n) is 7.55. The van der Waals surface area contributed by atoms with Crippen molar-refractivity contribution in [2.75, 3.05) is 6.54 Å². The van der Waals surface area contributed by atoms with Crippen LogP contribution >= 0.6 is 0 Å². The van der Waals surface area contributed by atoms with Crippen LogP contribution < -0.4 is 10.6 Å². The van der Waals surface area contributed by atoms with E-state index >= 15 is 0 Å². The second-order valence-corrected chi connectivity index (χ2v) is 7.55. The molecule has 1 atom stereocenters. The molecule has 1 unspecified atom stereocenters. The molecule has 1 aliphatic rings. The standard InChI is InChI=1S/C21H28N4O2/c1-14(2)13-22-20(26)18-17-11-7-8-12-25(17)19(24-18)21(27)23-15(3)16-9-5-4-6-10-16/h4-6,9-10,14-15H,7-8,11-13H2,1-3H3,(H,22,26)(H,23,27). The maximum absolute atomic E-state index is 12.9. The quantitative estimate of drug-likeness (QED) is 0.823. The summed E-state index contributed by atoms with van der Waals surface area (Å²) in [5.41, 5.74) is 2.30. The van der Waals surface area contributed by atoms with E-state index in [1.54, 1.807) is 0 Å².